The molecule has 0 radical (unpaired) electrons. The van der Waals surface area contributed by atoms with E-state index in [-0.39, 0.29) is 30.4 Å². The first-order valence-corrected chi connectivity index (χ1v) is 12.8. The molecule has 7 nitrogen and oxygen atoms in total. The smallest absolute Gasteiger partial charge is 0.337 e. The van der Waals surface area contributed by atoms with Gasteiger partial charge in [-0.2, -0.15) is 0 Å². The van der Waals surface area contributed by atoms with Crippen molar-refractivity contribution in [3.8, 4) is 5.75 Å². The van der Waals surface area contributed by atoms with Gasteiger partial charge in [-0.15, -0.1) is 0 Å². The molecule has 1 aliphatic rings. The number of carboxylic acids is 1. The summed E-state index contributed by atoms with van der Waals surface area (Å²) in [6, 6.07) is 22.8. The Morgan fingerprint density at radius 3 is 2.46 bits per heavy atom. The fourth-order valence-electron chi connectivity index (χ4n) is 4.84. The number of anilines is 2. The number of carboxylic acid groups (broad SMARTS) is 1. The van der Waals surface area contributed by atoms with Crippen LogP contribution in [-0.4, -0.2) is 43.3 Å². The van der Waals surface area contributed by atoms with Crippen LogP contribution in [0.4, 0.5) is 15.8 Å². The van der Waals surface area contributed by atoms with Crippen molar-refractivity contribution in [3.05, 3.63) is 101 Å². The molecule has 8 heteroatoms. The number of fused-ring (bicyclic) bond motifs is 1. The van der Waals surface area contributed by atoms with Crippen molar-refractivity contribution in [3.63, 3.8) is 0 Å². The van der Waals surface area contributed by atoms with Gasteiger partial charge in [0.25, 0.3) is 0 Å². The second kappa shape index (κ2) is 11.5. The number of aromatic carboxylic acids is 1. The second-order valence-electron chi connectivity index (χ2n) is 9.39. The predicted molar refractivity (Wildman–Crippen MR) is 148 cm³/mol. The van der Waals surface area contributed by atoms with E-state index in [0.29, 0.717) is 43.4 Å². The van der Waals surface area contributed by atoms with Crippen LogP contribution in [0.3, 0.4) is 0 Å². The first-order valence-electron chi connectivity index (χ1n) is 12.8. The molecule has 0 saturated carbocycles. The molecule has 4 aromatic rings. The lowest BCUT2D eigenvalue weighted by molar-refractivity contribution is -0.116. The van der Waals surface area contributed by atoms with Gasteiger partial charge >= 0.3 is 5.97 Å². The number of carbonyl (C=O) groups is 2. The molecule has 0 spiro atoms. The zero-order valence-corrected chi connectivity index (χ0v) is 21.6. The molecule has 0 atom stereocenters. The summed E-state index contributed by atoms with van der Waals surface area (Å²) < 4.78 is 24.9. The molecule has 1 N–H and O–H groups in total. The monoisotopic (exact) mass is 528 g/mol. The van der Waals surface area contributed by atoms with E-state index in [2.05, 4.69) is 0 Å². The molecule has 0 unspecified atom stereocenters. The van der Waals surface area contributed by atoms with Crippen LogP contribution in [0.5, 0.6) is 5.75 Å². The SMILES string of the molecule is CC(=O)N(Cc1c(OCc2ccc(F)cc2)ccc2ccccc12)c1ccc(N2CCOCC2)c(C(=O)O)c1. The summed E-state index contributed by atoms with van der Waals surface area (Å²) in [5, 5.41) is 11.9. The summed E-state index contributed by atoms with van der Waals surface area (Å²) in [5.41, 5.74) is 2.82. The van der Waals surface area contributed by atoms with Crippen molar-refractivity contribution in [2.24, 2.45) is 0 Å². The summed E-state index contributed by atoms with van der Waals surface area (Å²) >= 11 is 0. The molecule has 0 aliphatic carbocycles. The van der Waals surface area contributed by atoms with Crippen LogP contribution in [0.25, 0.3) is 10.8 Å². The highest BCUT2D eigenvalue weighted by molar-refractivity contribution is 5.99. The van der Waals surface area contributed by atoms with Crippen molar-refractivity contribution < 1.29 is 28.6 Å². The van der Waals surface area contributed by atoms with Gasteiger partial charge in [-0.05, 0) is 52.7 Å². The van der Waals surface area contributed by atoms with Gasteiger partial charge in [0.1, 0.15) is 18.2 Å². The number of nitrogens with zero attached hydrogens (tertiary/aromatic N) is 2. The standard InChI is InChI=1S/C31H29FN2O5/c1-21(35)34(25-11-12-29(27(18-25)31(36)37)33-14-16-38-17-15-33)19-28-26-5-3-2-4-23(26)8-13-30(28)39-20-22-6-9-24(32)10-7-22/h2-13,18H,14-17,19-20H2,1H3,(H,36,37). The van der Waals surface area contributed by atoms with Gasteiger partial charge in [0, 0.05) is 31.3 Å². The van der Waals surface area contributed by atoms with E-state index in [1.54, 1.807) is 35.2 Å². The third kappa shape index (κ3) is 5.86. The first-order chi connectivity index (χ1) is 18.9. The van der Waals surface area contributed by atoms with Crippen molar-refractivity contribution in [1.29, 1.82) is 0 Å². The molecule has 0 aromatic heterocycles. The Kier molecular flexibility index (Phi) is 7.74. The maximum Gasteiger partial charge on any atom is 0.337 e. The Morgan fingerprint density at radius 1 is 1.00 bits per heavy atom. The lowest BCUT2D eigenvalue weighted by Crippen LogP contribution is -2.37. The highest BCUT2D eigenvalue weighted by atomic mass is 19.1. The van der Waals surface area contributed by atoms with Crippen LogP contribution >= 0.6 is 0 Å². The number of benzene rings is 4. The van der Waals surface area contributed by atoms with Crippen LogP contribution < -0.4 is 14.5 Å². The Bertz CT molecular complexity index is 1500. The van der Waals surface area contributed by atoms with Crippen LogP contribution in [0.2, 0.25) is 0 Å². The van der Waals surface area contributed by atoms with Gasteiger partial charge in [0.15, 0.2) is 0 Å². The number of hydrogen-bond acceptors (Lipinski definition) is 5. The molecule has 1 amide bonds. The van der Waals surface area contributed by atoms with E-state index in [4.69, 9.17) is 9.47 Å². The van der Waals surface area contributed by atoms with Gasteiger partial charge in [0.2, 0.25) is 5.91 Å². The molecular formula is C31H29FN2O5. The Morgan fingerprint density at radius 2 is 1.74 bits per heavy atom. The Hall–Kier alpha value is -4.43. The van der Waals surface area contributed by atoms with E-state index in [1.165, 1.54) is 19.1 Å². The maximum atomic E-state index is 13.4. The number of morpholine rings is 1. The third-order valence-corrected chi connectivity index (χ3v) is 6.88. The van der Waals surface area contributed by atoms with Gasteiger partial charge in [0.05, 0.1) is 31.0 Å². The minimum Gasteiger partial charge on any atom is -0.489 e. The van der Waals surface area contributed by atoms with Crippen molar-refractivity contribution in [2.75, 3.05) is 36.1 Å². The Labute approximate surface area is 226 Å². The quantitative estimate of drug-likeness (QED) is 0.319. The summed E-state index contributed by atoms with van der Waals surface area (Å²) in [6.07, 6.45) is 0. The number of hydrogen-bond donors (Lipinski definition) is 1. The zero-order chi connectivity index (χ0) is 27.4. The molecule has 4 aromatic carbocycles. The van der Waals surface area contributed by atoms with Crippen LogP contribution in [0.15, 0.2) is 78.9 Å². The van der Waals surface area contributed by atoms with Gasteiger partial charge in [-0.1, -0.05) is 42.5 Å². The normalized spacial score (nSPS) is 13.3. The van der Waals surface area contributed by atoms with Crippen molar-refractivity contribution in [1.82, 2.24) is 0 Å². The number of carbonyl (C=O) groups excluding carboxylic acids is 1. The molecule has 1 aliphatic heterocycles. The van der Waals surface area contributed by atoms with E-state index >= 15 is 0 Å². The number of halogens is 1. The summed E-state index contributed by atoms with van der Waals surface area (Å²) in [5.74, 6) is -1.02. The second-order valence-corrected chi connectivity index (χ2v) is 9.39. The topological polar surface area (TPSA) is 79.3 Å². The summed E-state index contributed by atoms with van der Waals surface area (Å²) in [4.78, 5) is 28.7. The van der Waals surface area contributed by atoms with Crippen molar-refractivity contribution >= 4 is 34.0 Å². The van der Waals surface area contributed by atoms with Gasteiger partial charge in [-0.3, -0.25) is 4.79 Å². The molecular weight excluding hydrogens is 499 g/mol. The molecule has 1 fully saturated rings. The fraction of sp³-hybridized carbons (Fsp3) is 0.226. The number of rotatable bonds is 8. The highest BCUT2D eigenvalue weighted by Gasteiger charge is 2.23. The molecule has 39 heavy (non-hydrogen) atoms. The summed E-state index contributed by atoms with van der Waals surface area (Å²) in [6.45, 7) is 4.11. The molecule has 0 bridgehead atoms. The van der Waals surface area contributed by atoms with Crippen LogP contribution in [0.1, 0.15) is 28.4 Å². The largest absolute Gasteiger partial charge is 0.489 e. The minimum absolute atomic E-state index is 0.131. The zero-order valence-electron chi connectivity index (χ0n) is 21.6. The number of ether oxygens (including phenoxy) is 2. The average molecular weight is 529 g/mol. The van der Waals surface area contributed by atoms with Gasteiger partial charge < -0.3 is 24.4 Å². The van der Waals surface area contributed by atoms with Crippen molar-refractivity contribution in [2.45, 2.75) is 20.1 Å². The van der Waals surface area contributed by atoms with Crippen LogP contribution in [0, 0.1) is 5.82 Å². The lowest BCUT2D eigenvalue weighted by Gasteiger charge is -2.31. The first kappa shape index (κ1) is 26.2. The third-order valence-electron chi connectivity index (χ3n) is 6.88. The predicted octanol–water partition coefficient (Wildman–Crippen LogP) is 5.65. The maximum absolute atomic E-state index is 13.4. The Balaban J connectivity index is 1.51. The molecule has 1 heterocycles. The molecule has 1 saturated heterocycles. The van der Waals surface area contributed by atoms with E-state index in [9.17, 15) is 19.1 Å². The molecule has 5 rings (SSSR count). The average Bonchev–Trinajstić information content (AvgIpc) is 2.96. The highest BCUT2D eigenvalue weighted by Crippen LogP contribution is 2.33. The van der Waals surface area contributed by atoms with E-state index in [0.717, 1.165) is 21.9 Å². The molecule has 200 valence electrons. The van der Waals surface area contributed by atoms with Crippen LogP contribution in [-0.2, 0) is 22.7 Å². The van der Waals surface area contributed by atoms with E-state index in [1.807, 2.05) is 41.3 Å². The fourth-order valence-corrected chi connectivity index (χ4v) is 4.84. The summed E-state index contributed by atoms with van der Waals surface area (Å²) in [7, 11) is 0. The van der Waals surface area contributed by atoms with Gasteiger partial charge in [-0.25, -0.2) is 9.18 Å². The minimum atomic E-state index is -1.06. The number of amides is 1. The van der Waals surface area contributed by atoms with E-state index < -0.39 is 5.97 Å². The lowest BCUT2D eigenvalue weighted by atomic mass is 10.0.